The molecule has 0 unspecified atom stereocenters. The van der Waals surface area contributed by atoms with Gasteiger partial charge in [0.2, 0.25) is 5.91 Å². The summed E-state index contributed by atoms with van der Waals surface area (Å²) in [5, 5.41) is 15.2. The molecule has 0 fully saturated rings. The number of halogens is 1. The van der Waals surface area contributed by atoms with E-state index in [1.807, 2.05) is 54.9 Å². The molecule has 1 heterocycles. The van der Waals surface area contributed by atoms with Crippen LogP contribution in [0.1, 0.15) is 42.9 Å². The van der Waals surface area contributed by atoms with Crippen LogP contribution in [-0.2, 0) is 11.3 Å². The van der Waals surface area contributed by atoms with Crippen LogP contribution in [0, 0.1) is 21.8 Å². The van der Waals surface area contributed by atoms with E-state index in [1.54, 1.807) is 24.3 Å². The molecule has 0 radical (unpaired) electrons. The van der Waals surface area contributed by atoms with E-state index in [1.165, 1.54) is 18.2 Å². The third-order valence-electron chi connectivity index (χ3n) is 6.05. The largest absolute Gasteiger partial charge is 0.356 e. The minimum atomic E-state index is -0.417. The van der Waals surface area contributed by atoms with Gasteiger partial charge in [0.05, 0.1) is 4.92 Å². The first-order chi connectivity index (χ1) is 16.8. The van der Waals surface area contributed by atoms with Gasteiger partial charge in [0, 0.05) is 54.7 Å². The average Bonchev–Trinajstić information content (AvgIpc) is 3.19. The fourth-order valence-corrected chi connectivity index (χ4v) is 4.29. The third-order valence-corrected chi connectivity index (χ3v) is 6.05. The van der Waals surface area contributed by atoms with E-state index in [9.17, 15) is 19.3 Å². The monoisotopic (exact) mass is 473 g/mol. The van der Waals surface area contributed by atoms with Gasteiger partial charge in [-0.1, -0.05) is 56.3 Å². The number of nitrogens with one attached hydrogen (secondary N) is 1. The fraction of sp³-hybridized carbons (Fsp3) is 0.250. The van der Waals surface area contributed by atoms with Gasteiger partial charge in [0.15, 0.2) is 0 Å². The van der Waals surface area contributed by atoms with Crippen molar-refractivity contribution in [3.8, 4) is 0 Å². The Labute approximate surface area is 203 Å². The smallest absolute Gasteiger partial charge is 0.270 e. The maximum absolute atomic E-state index is 13.7. The second kappa shape index (κ2) is 10.5. The van der Waals surface area contributed by atoms with Gasteiger partial charge in [0.25, 0.3) is 5.69 Å². The van der Waals surface area contributed by atoms with Crippen LogP contribution in [0.25, 0.3) is 10.9 Å². The fourth-order valence-electron chi connectivity index (χ4n) is 4.29. The van der Waals surface area contributed by atoms with Crippen LogP contribution in [0.5, 0.6) is 0 Å². The van der Waals surface area contributed by atoms with Crippen LogP contribution < -0.4 is 5.32 Å². The molecule has 0 saturated carbocycles. The summed E-state index contributed by atoms with van der Waals surface area (Å²) in [5.41, 5.74) is 3.48. The third kappa shape index (κ3) is 5.74. The number of hydrogen-bond acceptors (Lipinski definition) is 3. The molecule has 180 valence electrons. The summed E-state index contributed by atoms with van der Waals surface area (Å²) >= 11 is 0. The van der Waals surface area contributed by atoms with Crippen molar-refractivity contribution in [2.75, 3.05) is 6.54 Å². The van der Waals surface area contributed by atoms with Crippen molar-refractivity contribution in [1.82, 2.24) is 9.88 Å². The molecular formula is C28H28FN3O3. The Morgan fingerprint density at radius 2 is 1.77 bits per heavy atom. The van der Waals surface area contributed by atoms with Crippen molar-refractivity contribution in [3.05, 3.63) is 112 Å². The standard InChI is InChI=1S/C28H28FN3O3/c1-19(2)16-30-28(33)15-24(21-8-10-22(29)11-9-21)26-18-31(17-20-6-4-3-5-7-20)27-13-12-23(32(34)35)14-25(26)27/h3-14,18-19,24H,15-17H2,1-2H3,(H,30,33)/t24-/m0/s1. The first-order valence-corrected chi connectivity index (χ1v) is 11.6. The van der Waals surface area contributed by atoms with E-state index < -0.39 is 10.8 Å². The Morgan fingerprint density at radius 3 is 2.43 bits per heavy atom. The maximum atomic E-state index is 13.7. The van der Waals surface area contributed by atoms with Gasteiger partial charge >= 0.3 is 0 Å². The summed E-state index contributed by atoms with van der Waals surface area (Å²) in [7, 11) is 0. The van der Waals surface area contributed by atoms with Crippen LogP contribution in [0.4, 0.5) is 10.1 Å². The lowest BCUT2D eigenvalue weighted by molar-refractivity contribution is -0.384. The number of nitro groups is 1. The van der Waals surface area contributed by atoms with Crippen molar-refractivity contribution in [2.24, 2.45) is 5.92 Å². The number of nitrogens with zero attached hydrogens (tertiary/aromatic N) is 2. The highest BCUT2D eigenvalue weighted by molar-refractivity contribution is 5.88. The van der Waals surface area contributed by atoms with Crippen molar-refractivity contribution < 1.29 is 14.1 Å². The lowest BCUT2D eigenvalue weighted by atomic mass is 9.88. The highest BCUT2D eigenvalue weighted by Gasteiger charge is 2.24. The molecule has 7 heteroatoms. The number of nitro benzene ring substituents is 1. The predicted molar refractivity (Wildman–Crippen MR) is 135 cm³/mol. The van der Waals surface area contributed by atoms with Crippen LogP contribution in [-0.4, -0.2) is 21.9 Å². The summed E-state index contributed by atoms with van der Waals surface area (Å²) in [4.78, 5) is 24.0. The molecule has 6 nitrogen and oxygen atoms in total. The Morgan fingerprint density at radius 1 is 1.06 bits per heavy atom. The summed E-state index contributed by atoms with van der Waals surface area (Å²) < 4.78 is 15.8. The first kappa shape index (κ1) is 24.1. The molecule has 0 spiro atoms. The van der Waals surface area contributed by atoms with Crippen molar-refractivity contribution in [2.45, 2.75) is 32.7 Å². The van der Waals surface area contributed by atoms with Crippen molar-refractivity contribution >= 4 is 22.5 Å². The molecule has 0 saturated heterocycles. The molecule has 1 amide bonds. The van der Waals surface area contributed by atoms with E-state index in [2.05, 4.69) is 5.32 Å². The van der Waals surface area contributed by atoms with E-state index >= 15 is 0 Å². The topological polar surface area (TPSA) is 77.2 Å². The van der Waals surface area contributed by atoms with Gasteiger partial charge in [-0.3, -0.25) is 14.9 Å². The zero-order chi connectivity index (χ0) is 24.9. The minimum Gasteiger partial charge on any atom is -0.356 e. The van der Waals surface area contributed by atoms with Gasteiger partial charge < -0.3 is 9.88 Å². The molecule has 0 aliphatic rings. The van der Waals surface area contributed by atoms with Gasteiger partial charge in [-0.25, -0.2) is 4.39 Å². The average molecular weight is 474 g/mol. The van der Waals surface area contributed by atoms with Crippen LogP contribution in [0.15, 0.2) is 79.0 Å². The normalized spacial score (nSPS) is 12.1. The van der Waals surface area contributed by atoms with Crippen LogP contribution in [0.3, 0.4) is 0 Å². The van der Waals surface area contributed by atoms with E-state index in [0.717, 1.165) is 22.2 Å². The molecular weight excluding hydrogens is 445 g/mol. The van der Waals surface area contributed by atoms with E-state index in [-0.39, 0.29) is 23.8 Å². The zero-order valence-corrected chi connectivity index (χ0v) is 19.8. The molecule has 0 aliphatic carbocycles. The number of non-ortho nitro benzene ring substituents is 1. The van der Waals surface area contributed by atoms with Crippen molar-refractivity contribution in [3.63, 3.8) is 0 Å². The second-order valence-corrected chi connectivity index (χ2v) is 9.16. The summed E-state index contributed by atoms with van der Waals surface area (Å²) in [6.45, 7) is 5.17. The van der Waals surface area contributed by atoms with E-state index in [0.29, 0.717) is 24.4 Å². The Kier molecular flexibility index (Phi) is 7.25. The Balaban J connectivity index is 1.83. The minimum absolute atomic E-state index is 0.0154. The predicted octanol–water partition coefficient (Wildman–Crippen LogP) is 6.03. The SMILES string of the molecule is CC(C)CNC(=O)C[C@@H](c1ccc(F)cc1)c1cn(Cc2ccccc2)c2ccc([N+](=O)[O-])cc12. The van der Waals surface area contributed by atoms with Gasteiger partial charge in [0.1, 0.15) is 5.82 Å². The van der Waals surface area contributed by atoms with Crippen molar-refractivity contribution in [1.29, 1.82) is 0 Å². The highest BCUT2D eigenvalue weighted by Crippen LogP contribution is 2.37. The van der Waals surface area contributed by atoms with Crippen LogP contribution in [0.2, 0.25) is 0 Å². The molecule has 4 rings (SSSR count). The Bertz CT molecular complexity index is 1330. The second-order valence-electron chi connectivity index (χ2n) is 9.16. The number of carbonyl (C=O) groups is 1. The van der Waals surface area contributed by atoms with Gasteiger partial charge in [-0.05, 0) is 40.8 Å². The maximum Gasteiger partial charge on any atom is 0.270 e. The molecule has 3 aromatic carbocycles. The summed E-state index contributed by atoms with van der Waals surface area (Å²) in [6, 6.07) is 20.8. The lowest BCUT2D eigenvalue weighted by Crippen LogP contribution is -2.28. The molecule has 1 atom stereocenters. The Hall–Kier alpha value is -4.00. The number of carbonyl (C=O) groups excluding carboxylic acids is 1. The number of aromatic nitrogens is 1. The summed E-state index contributed by atoms with van der Waals surface area (Å²) in [5.74, 6) is -0.579. The number of rotatable bonds is 9. The molecule has 35 heavy (non-hydrogen) atoms. The highest BCUT2D eigenvalue weighted by atomic mass is 19.1. The number of hydrogen-bond donors (Lipinski definition) is 1. The zero-order valence-electron chi connectivity index (χ0n) is 19.8. The summed E-state index contributed by atoms with van der Waals surface area (Å²) in [6.07, 6.45) is 2.11. The van der Waals surface area contributed by atoms with Gasteiger partial charge in [-0.2, -0.15) is 0 Å². The van der Waals surface area contributed by atoms with E-state index in [4.69, 9.17) is 0 Å². The molecule has 1 aromatic heterocycles. The molecule has 1 N–H and O–H groups in total. The molecule has 0 bridgehead atoms. The first-order valence-electron chi connectivity index (χ1n) is 11.6. The van der Waals surface area contributed by atoms with Crippen LogP contribution >= 0.6 is 0 Å². The lowest BCUT2D eigenvalue weighted by Gasteiger charge is -2.18. The number of amides is 1. The molecule has 0 aliphatic heterocycles. The van der Waals surface area contributed by atoms with Gasteiger partial charge in [-0.15, -0.1) is 0 Å². The number of fused-ring (bicyclic) bond motifs is 1. The molecule has 4 aromatic rings. The quantitative estimate of drug-likeness (QED) is 0.238. The number of benzene rings is 3.